The third-order valence-corrected chi connectivity index (χ3v) is 7.18. The summed E-state index contributed by atoms with van der Waals surface area (Å²) in [7, 11) is 0. The minimum absolute atomic E-state index is 0.460. The lowest BCUT2D eigenvalue weighted by molar-refractivity contribution is -0.00874. The Morgan fingerprint density at radius 3 is 2.58 bits per heavy atom. The van der Waals surface area contributed by atoms with E-state index >= 15 is 0 Å². The predicted octanol–water partition coefficient (Wildman–Crippen LogP) is 4.35. The fraction of sp³-hybridized carbons (Fsp3) is 0.286. The molecule has 11 nitrogen and oxygen atoms in total. The number of H-pyrrole nitrogens is 1. The molecule has 4 N–H and O–H groups in total. The van der Waals surface area contributed by atoms with Crippen LogP contribution in [0.2, 0.25) is 0 Å². The number of anilines is 4. The van der Waals surface area contributed by atoms with E-state index in [0.29, 0.717) is 41.6 Å². The highest BCUT2D eigenvalue weighted by molar-refractivity contribution is 5.73. The summed E-state index contributed by atoms with van der Waals surface area (Å²) in [6, 6.07) is 12.6. The number of nitrogens with one attached hydrogen (secondary N) is 4. The van der Waals surface area contributed by atoms with Crippen LogP contribution in [0, 0.1) is 19.3 Å². The predicted molar refractivity (Wildman–Crippen MR) is 152 cm³/mol. The molecule has 7 rings (SSSR count). The normalized spacial score (nSPS) is 18.8. The van der Waals surface area contributed by atoms with Crippen LogP contribution in [0.15, 0.2) is 60.8 Å². The number of aryl methyl sites for hydroxylation is 2. The van der Waals surface area contributed by atoms with Crippen LogP contribution in [0.1, 0.15) is 23.4 Å². The summed E-state index contributed by atoms with van der Waals surface area (Å²) in [4.78, 5) is 23.3. The number of piperazine rings is 1. The lowest BCUT2D eigenvalue weighted by atomic mass is 9.87. The molecule has 3 aliphatic heterocycles. The molecule has 0 aromatic carbocycles. The third kappa shape index (κ3) is 5.52. The molecule has 40 heavy (non-hydrogen) atoms. The Kier molecular flexibility index (Phi) is 6.91. The number of halogens is 1. The first-order valence-electron chi connectivity index (χ1n) is 13.1. The smallest absolute Gasteiger partial charge is 0.163 e. The zero-order valence-electron chi connectivity index (χ0n) is 22.3. The van der Waals surface area contributed by atoms with Crippen molar-refractivity contribution >= 4 is 29.5 Å². The van der Waals surface area contributed by atoms with Gasteiger partial charge in [-0.2, -0.15) is 5.10 Å². The largest absolute Gasteiger partial charge is 0.353 e. The number of hydrogen-bond acceptors (Lipinski definition) is 10. The molecule has 4 aromatic heterocycles. The first-order chi connectivity index (χ1) is 19.4. The fourth-order valence-electron chi connectivity index (χ4n) is 5.21. The standard InChI is InChI=1S/C28H30FN11/c1-17-7-25(35-26-8-18(2)37-38-26)36-28(34-17)20-4-6-27(33-12-20)39-15-22-9-23(16-39)40(22)14-19-3-5-24(31-11-19)32-13-21(29)10-30/h3-8,10-13,22-23,30H,9,14-16H2,1-2H3,(H,31,32)(H2,34,35,36,37,38)/b21-13+,30-10?. The SMILES string of the molecule is Cc1cc(Nc2cc(C)[nH]n2)nc(-c2ccc(N3CC4CC(C3)N4Cc3ccc(N/C=C(/F)C=N)nc3)nc2)n1. The number of piperidine rings is 1. The molecule has 3 saturated heterocycles. The molecular formula is C28H30FN11. The van der Waals surface area contributed by atoms with Crippen molar-refractivity contribution in [2.75, 3.05) is 28.6 Å². The fourth-order valence-corrected chi connectivity index (χ4v) is 5.21. The summed E-state index contributed by atoms with van der Waals surface area (Å²) in [5, 5.41) is 20.0. The maximum Gasteiger partial charge on any atom is 0.163 e. The van der Waals surface area contributed by atoms with E-state index in [1.165, 1.54) is 6.42 Å². The molecule has 3 fully saturated rings. The van der Waals surface area contributed by atoms with Gasteiger partial charge in [-0.05, 0) is 44.0 Å². The average Bonchev–Trinajstić information content (AvgIpc) is 3.39. The zero-order valence-corrected chi connectivity index (χ0v) is 22.3. The molecule has 0 aliphatic carbocycles. The van der Waals surface area contributed by atoms with Gasteiger partial charge in [-0.3, -0.25) is 10.00 Å². The highest BCUT2D eigenvalue weighted by atomic mass is 19.1. The van der Waals surface area contributed by atoms with Crippen molar-refractivity contribution in [3.8, 4) is 11.4 Å². The number of allylic oxidation sites excluding steroid dienone is 1. The number of hydrogen-bond donors (Lipinski definition) is 4. The van der Waals surface area contributed by atoms with E-state index in [1.807, 2.05) is 62.6 Å². The first-order valence-corrected chi connectivity index (χ1v) is 13.1. The van der Waals surface area contributed by atoms with Crippen molar-refractivity contribution in [2.45, 2.75) is 38.9 Å². The van der Waals surface area contributed by atoms with E-state index in [4.69, 9.17) is 10.4 Å². The summed E-state index contributed by atoms with van der Waals surface area (Å²) in [6.45, 7) is 6.56. The second-order valence-electron chi connectivity index (χ2n) is 10.2. The molecule has 204 valence electrons. The Hall–Kier alpha value is -4.71. The lowest BCUT2D eigenvalue weighted by Gasteiger charge is -2.56. The van der Waals surface area contributed by atoms with E-state index in [2.05, 4.69) is 45.6 Å². The average molecular weight is 540 g/mol. The van der Waals surface area contributed by atoms with Crippen molar-refractivity contribution in [2.24, 2.45) is 0 Å². The van der Waals surface area contributed by atoms with Crippen LogP contribution in [0.5, 0.6) is 0 Å². The van der Waals surface area contributed by atoms with Crippen LogP contribution in [-0.2, 0) is 6.54 Å². The minimum Gasteiger partial charge on any atom is -0.353 e. The van der Waals surface area contributed by atoms with Crippen LogP contribution >= 0.6 is 0 Å². The highest BCUT2D eigenvalue weighted by Gasteiger charge is 2.44. The summed E-state index contributed by atoms with van der Waals surface area (Å²) in [6.07, 6.45) is 6.60. The van der Waals surface area contributed by atoms with Gasteiger partial charge in [0.05, 0.1) is 6.21 Å². The van der Waals surface area contributed by atoms with E-state index in [1.54, 1.807) is 0 Å². The monoisotopic (exact) mass is 539 g/mol. The van der Waals surface area contributed by atoms with Gasteiger partial charge in [-0.15, -0.1) is 0 Å². The molecule has 4 aromatic rings. The van der Waals surface area contributed by atoms with E-state index in [0.717, 1.165) is 54.2 Å². The van der Waals surface area contributed by atoms with Gasteiger partial charge >= 0.3 is 0 Å². The van der Waals surface area contributed by atoms with Crippen LogP contribution in [0.25, 0.3) is 11.4 Å². The van der Waals surface area contributed by atoms with Gasteiger partial charge in [0.15, 0.2) is 17.5 Å². The summed E-state index contributed by atoms with van der Waals surface area (Å²) in [5.41, 5.74) is 3.80. The molecule has 0 amide bonds. The maximum absolute atomic E-state index is 13.1. The Labute approximate surface area is 231 Å². The first kappa shape index (κ1) is 25.6. The quantitative estimate of drug-likeness (QED) is 0.229. The highest BCUT2D eigenvalue weighted by Crippen LogP contribution is 2.35. The van der Waals surface area contributed by atoms with E-state index in [9.17, 15) is 4.39 Å². The Balaban J connectivity index is 1.07. The van der Waals surface area contributed by atoms with Crippen molar-refractivity contribution in [1.82, 2.24) is 35.0 Å². The Bertz CT molecular complexity index is 1520. The van der Waals surface area contributed by atoms with Crippen LogP contribution in [-0.4, -0.2) is 66.4 Å². The van der Waals surface area contributed by atoms with Crippen LogP contribution in [0.4, 0.5) is 27.7 Å². The van der Waals surface area contributed by atoms with Crippen LogP contribution < -0.4 is 15.5 Å². The van der Waals surface area contributed by atoms with E-state index < -0.39 is 5.83 Å². The molecule has 2 atom stereocenters. The van der Waals surface area contributed by atoms with Gasteiger partial charge in [-0.25, -0.2) is 24.3 Å². The Morgan fingerprint density at radius 1 is 1.05 bits per heavy atom. The van der Waals surface area contributed by atoms with Crippen molar-refractivity contribution in [3.05, 3.63) is 77.8 Å². The van der Waals surface area contributed by atoms with Crippen molar-refractivity contribution in [1.29, 1.82) is 5.41 Å². The second kappa shape index (κ2) is 10.8. The summed E-state index contributed by atoms with van der Waals surface area (Å²) >= 11 is 0. The molecule has 2 bridgehead atoms. The molecule has 12 heteroatoms. The number of nitrogens with zero attached hydrogens (tertiary/aromatic N) is 7. The number of aromatic amines is 1. The minimum atomic E-state index is -0.654. The maximum atomic E-state index is 13.1. The third-order valence-electron chi connectivity index (χ3n) is 7.18. The molecule has 2 unspecified atom stereocenters. The van der Waals surface area contributed by atoms with Gasteiger partial charge < -0.3 is 20.9 Å². The molecule has 0 radical (unpaired) electrons. The molecule has 7 heterocycles. The second-order valence-corrected chi connectivity index (χ2v) is 10.2. The number of pyridine rings is 2. The number of aromatic nitrogens is 6. The van der Waals surface area contributed by atoms with Crippen molar-refractivity contribution in [3.63, 3.8) is 0 Å². The van der Waals surface area contributed by atoms with Gasteiger partial charge in [0, 0.05) is 79.4 Å². The van der Waals surface area contributed by atoms with Gasteiger partial charge in [-0.1, -0.05) is 6.07 Å². The van der Waals surface area contributed by atoms with Crippen molar-refractivity contribution < 1.29 is 4.39 Å². The lowest BCUT2D eigenvalue weighted by Crippen LogP contribution is -2.68. The summed E-state index contributed by atoms with van der Waals surface area (Å²) in [5.74, 6) is 2.86. The zero-order chi connectivity index (χ0) is 27.6. The van der Waals surface area contributed by atoms with Gasteiger partial charge in [0.2, 0.25) is 0 Å². The number of rotatable bonds is 9. The molecule has 0 spiro atoms. The molecule has 0 saturated carbocycles. The molecule has 3 aliphatic rings. The molecular weight excluding hydrogens is 509 g/mol. The van der Waals surface area contributed by atoms with Crippen LogP contribution in [0.3, 0.4) is 0 Å². The Morgan fingerprint density at radius 2 is 1.90 bits per heavy atom. The number of fused-ring (bicyclic) bond motifs is 2. The van der Waals surface area contributed by atoms with Gasteiger partial charge in [0.25, 0.3) is 0 Å². The topological polar surface area (TPSA) is 135 Å². The van der Waals surface area contributed by atoms with Gasteiger partial charge in [0.1, 0.15) is 17.5 Å². The van der Waals surface area contributed by atoms with E-state index in [-0.39, 0.29) is 0 Å². The summed E-state index contributed by atoms with van der Waals surface area (Å²) < 4.78 is 13.1.